The van der Waals surface area contributed by atoms with Gasteiger partial charge in [0, 0.05) is 26.1 Å². The van der Waals surface area contributed by atoms with Crippen LogP contribution in [-0.4, -0.2) is 57.2 Å². The lowest BCUT2D eigenvalue weighted by Gasteiger charge is -2.16. The van der Waals surface area contributed by atoms with Gasteiger partial charge >= 0.3 is 11.9 Å². The standard InChI is InChI=1S/C21H32O7/c1-25-20(23)11-4-7-13-27-18-10-8-9-17(15-18)16-19(21(24)26-2)28-14-6-3-5-12-22/h8-10,15,19,22H,3-7,11-14,16H2,1-2H3. The number of rotatable bonds is 15. The van der Waals surface area contributed by atoms with Crippen LogP contribution in [0.2, 0.25) is 0 Å². The van der Waals surface area contributed by atoms with Crippen molar-refractivity contribution in [2.24, 2.45) is 0 Å². The van der Waals surface area contributed by atoms with Gasteiger partial charge in [0.25, 0.3) is 0 Å². The molecule has 1 atom stereocenters. The molecule has 1 aromatic carbocycles. The van der Waals surface area contributed by atoms with Crippen molar-refractivity contribution in [2.45, 2.75) is 51.0 Å². The predicted octanol–water partition coefficient (Wildman–Crippen LogP) is 2.67. The minimum atomic E-state index is -0.672. The average Bonchev–Trinajstić information content (AvgIpc) is 2.72. The molecule has 0 aliphatic heterocycles. The summed E-state index contributed by atoms with van der Waals surface area (Å²) < 4.78 is 20.9. The molecular formula is C21H32O7. The first kappa shape index (κ1) is 23.9. The van der Waals surface area contributed by atoms with Crippen molar-refractivity contribution in [1.29, 1.82) is 0 Å². The number of hydrogen-bond donors (Lipinski definition) is 1. The smallest absolute Gasteiger partial charge is 0.335 e. The monoisotopic (exact) mass is 396 g/mol. The fourth-order valence-electron chi connectivity index (χ4n) is 2.60. The number of esters is 2. The lowest BCUT2D eigenvalue weighted by molar-refractivity contribution is -0.154. The van der Waals surface area contributed by atoms with Crippen molar-refractivity contribution in [3.05, 3.63) is 29.8 Å². The van der Waals surface area contributed by atoms with Crippen LogP contribution < -0.4 is 4.74 Å². The molecule has 0 spiro atoms. The normalized spacial score (nSPS) is 11.7. The van der Waals surface area contributed by atoms with Crippen molar-refractivity contribution in [3.8, 4) is 5.75 Å². The molecule has 0 heterocycles. The Hall–Kier alpha value is -2.12. The van der Waals surface area contributed by atoms with Gasteiger partial charge in [-0.15, -0.1) is 0 Å². The van der Waals surface area contributed by atoms with E-state index in [9.17, 15) is 9.59 Å². The second-order valence-electron chi connectivity index (χ2n) is 6.40. The first-order valence-electron chi connectivity index (χ1n) is 9.69. The highest BCUT2D eigenvalue weighted by Gasteiger charge is 2.20. The van der Waals surface area contributed by atoms with Crippen molar-refractivity contribution in [3.63, 3.8) is 0 Å². The molecule has 0 saturated carbocycles. The zero-order chi connectivity index (χ0) is 20.6. The van der Waals surface area contributed by atoms with E-state index in [1.807, 2.05) is 24.3 Å². The first-order valence-corrected chi connectivity index (χ1v) is 9.69. The number of benzene rings is 1. The Morgan fingerprint density at radius 1 is 1.00 bits per heavy atom. The molecule has 7 nitrogen and oxygen atoms in total. The first-order chi connectivity index (χ1) is 13.6. The van der Waals surface area contributed by atoms with E-state index in [0.29, 0.717) is 38.2 Å². The number of carbonyl (C=O) groups excluding carboxylic acids is 2. The SMILES string of the molecule is COC(=O)CCCCOc1cccc(CC(OCCCCCO)C(=O)OC)c1. The molecule has 0 aromatic heterocycles. The van der Waals surface area contributed by atoms with Gasteiger partial charge in [-0.2, -0.15) is 0 Å². The molecule has 1 aromatic rings. The Morgan fingerprint density at radius 2 is 1.79 bits per heavy atom. The quantitative estimate of drug-likeness (QED) is 0.360. The van der Waals surface area contributed by atoms with Crippen LogP contribution in [0.15, 0.2) is 24.3 Å². The third kappa shape index (κ3) is 10.3. The minimum absolute atomic E-state index is 0.163. The molecule has 0 aliphatic rings. The second kappa shape index (κ2) is 14.9. The van der Waals surface area contributed by atoms with Gasteiger partial charge in [0.1, 0.15) is 5.75 Å². The molecule has 1 N–H and O–H groups in total. The minimum Gasteiger partial charge on any atom is -0.494 e. The molecule has 0 bridgehead atoms. The maximum Gasteiger partial charge on any atom is 0.335 e. The fourth-order valence-corrected chi connectivity index (χ4v) is 2.60. The highest BCUT2D eigenvalue weighted by atomic mass is 16.6. The zero-order valence-corrected chi connectivity index (χ0v) is 16.9. The number of hydrogen-bond acceptors (Lipinski definition) is 7. The summed E-state index contributed by atoms with van der Waals surface area (Å²) in [5.41, 5.74) is 0.915. The van der Waals surface area contributed by atoms with E-state index in [2.05, 4.69) is 4.74 Å². The summed E-state index contributed by atoms with van der Waals surface area (Å²) in [5.74, 6) is 0.0885. The second-order valence-corrected chi connectivity index (χ2v) is 6.40. The van der Waals surface area contributed by atoms with Gasteiger partial charge in [0.05, 0.1) is 20.8 Å². The summed E-state index contributed by atoms with van der Waals surface area (Å²) >= 11 is 0. The molecule has 0 amide bonds. The topological polar surface area (TPSA) is 91.3 Å². The molecule has 7 heteroatoms. The zero-order valence-electron chi connectivity index (χ0n) is 16.9. The van der Waals surface area contributed by atoms with E-state index in [0.717, 1.165) is 31.2 Å². The highest BCUT2D eigenvalue weighted by Crippen LogP contribution is 2.17. The summed E-state index contributed by atoms with van der Waals surface area (Å²) in [7, 11) is 2.73. The molecule has 0 radical (unpaired) electrons. The van der Waals surface area contributed by atoms with E-state index >= 15 is 0 Å². The van der Waals surface area contributed by atoms with Crippen molar-refractivity contribution in [1.82, 2.24) is 0 Å². The van der Waals surface area contributed by atoms with Crippen LogP contribution in [0.4, 0.5) is 0 Å². The van der Waals surface area contributed by atoms with Gasteiger partial charge in [0.15, 0.2) is 6.10 Å². The summed E-state index contributed by atoms with van der Waals surface area (Å²) in [6.45, 7) is 1.11. The summed E-state index contributed by atoms with van der Waals surface area (Å²) in [6, 6.07) is 7.52. The third-order valence-corrected chi connectivity index (χ3v) is 4.18. The third-order valence-electron chi connectivity index (χ3n) is 4.18. The van der Waals surface area contributed by atoms with Crippen LogP contribution >= 0.6 is 0 Å². The number of unbranched alkanes of at least 4 members (excludes halogenated alkanes) is 3. The Balaban J connectivity index is 2.47. The van der Waals surface area contributed by atoms with Crippen LogP contribution in [0.5, 0.6) is 5.75 Å². The van der Waals surface area contributed by atoms with Gasteiger partial charge in [-0.05, 0) is 49.8 Å². The highest BCUT2D eigenvalue weighted by molar-refractivity contribution is 5.75. The van der Waals surface area contributed by atoms with Crippen LogP contribution in [0.1, 0.15) is 44.1 Å². The van der Waals surface area contributed by atoms with E-state index in [4.69, 9.17) is 19.3 Å². The van der Waals surface area contributed by atoms with E-state index in [1.54, 1.807) is 0 Å². The molecule has 0 saturated heterocycles. The number of carbonyl (C=O) groups is 2. The number of ether oxygens (including phenoxy) is 4. The van der Waals surface area contributed by atoms with Crippen molar-refractivity contribution >= 4 is 11.9 Å². The molecule has 28 heavy (non-hydrogen) atoms. The summed E-state index contributed by atoms with van der Waals surface area (Å²) in [5, 5.41) is 8.80. The lowest BCUT2D eigenvalue weighted by atomic mass is 10.1. The van der Waals surface area contributed by atoms with Gasteiger partial charge < -0.3 is 24.1 Å². The molecular weight excluding hydrogens is 364 g/mol. The Kier molecular flexibility index (Phi) is 12.7. The average molecular weight is 396 g/mol. The number of aliphatic hydroxyl groups excluding tert-OH is 1. The van der Waals surface area contributed by atoms with Crippen LogP contribution in [-0.2, 0) is 30.2 Å². The van der Waals surface area contributed by atoms with Crippen LogP contribution in [0.3, 0.4) is 0 Å². The molecule has 1 unspecified atom stereocenters. The van der Waals surface area contributed by atoms with Crippen molar-refractivity contribution < 1.29 is 33.6 Å². The lowest BCUT2D eigenvalue weighted by Crippen LogP contribution is -2.28. The fraction of sp³-hybridized carbons (Fsp3) is 0.619. The Labute approximate surface area is 166 Å². The maximum absolute atomic E-state index is 12.0. The Morgan fingerprint density at radius 3 is 2.50 bits per heavy atom. The maximum atomic E-state index is 12.0. The van der Waals surface area contributed by atoms with Gasteiger partial charge in [-0.3, -0.25) is 4.79 Å². The van der Waals surface area contributed by atoms with Gasteiger partial charge in [-0.1, -0.05) is 12.1 Å². The predicted molar refractivity (Wildman–Crippen MR) is 104 cm³/mol. The summed E-state index contributed by atoms with van der Waals surface area (Å²) in [6.07, 6.45) is 3.93. The molecule has 0 aliphatic carbocycles. The number of aliphatic hydroxyl groups is 1. The van der Waals surface area contributed by atoms with Crippen LogP contribution in [0, 0.1) is 0 Å². The molecule has 0 fully saturated rings. The van der Waals surface area contributed by atoms with Crippen molar-refractivity contribution in [2.75, 3.05) is 34.0 Å². The largest absolute Gasteiger partial charge is 0.494 e. The molecule has 1 rings (SSSR count). The van der Waals surface area contributed by atoms with Gasteiger partial charge in [0.2, 0.25) is 0 Å². The van der Waals surface area contributed by atoms with Crippen LogP contribution in [0.25, 0.3) is 0 Å². The molecule has 158 valence electrons. The van der Waals surface area contributed by atoms with Gasteiger partial charge in [-0.25, -0.2) is 4.79 Å². The van der Waals surface area contributed by atoms with E-state index in [1.165, 1.54) is 14.2 Å². The number of methoxy groups -OCH3 is 2. The van der Waals surface area contributed by atoms with E-state index < -0.39 is 12.1 Å². The Bertz CT molecular complexity index is 574. The summed E-state index contributed by atoms with van der Waals surface area (Å²) in [4.78, 5) is 23.1. The van der Waals surface area contributed by atoms with E-state index in [-0.39, 0.29) is 12.6 Å².